The van der Waals surface area contributed by atoms with Crippen LogP contribution in [0.25, 0.3) is 0 Å². The van der Waals surface area contributed by atoms with Crippen molar-refractivity contribution >= 4 is 35.8 Å². The number of hydrogen-bond acceptors (Lipinski definition) is 5. The van der Waals surface area contributed by atoms with E-state index in [2.05, 4.69) is 32.8 Å². The number of amides is 1. The van der Waals surface area contributed by atoms with Crippen LogP contribution in [-0.4, -0.2) is 80.0 Å². The minimum Gasteiger partial charge on any atom is -0.387 e. The number of guanidine groups is 1. The lowest BCUT2D eigenvalue weighted by molar-refractivity contribution is -0.0201. The van der Waals surface area contributed by atoms with Gasteiger partial charge in [-0.25, -0.2) is 4.99 Å². The van der Waals surface area contributed by atoms with Gasteiger partial charge in [0.25, 0.3) is 5.91 Å². The summed E-state index contributed by atoms with van der Waals surface area (Å²) in [7, 11) is 0. The maximum Gasteiger partial charge on any atom is 0.251 e. The van der Waals surface area contributed by atoms with Crippen LogP contribution in [0, 0.1) is 0 Å². The molecule has 0 spiro atoms. The number of carbonyl (C=O) groups is 1. The van der Waals surface area contributed by atoms with Crippen molar-refractivity contribution in [1.29, 1.82) is 0 Å². The summed E-state index contributed by atoms with van der Waals surface area (Å²) in [5.41, 5.74) is 0.802. The smallest absolute Gasteiger partial charge is 0.251 e. The van der Waals surface area contributed by atoms with E-state index in [1.54, 1.807) is 0 Å². The van der Waals surface area contributed by atoms with Gasteiger partial charge in [0, 0.05) is 44.8 Å². The van der Waals surface area contributed by atoms with Gasteiger partial charge < -0.3 is 25.8 Å². The highest BCUT2D eigenvalue weighted by Crippen LogP contribution is 2.08. The zero-order valence-corrected chi connectivity index (χ0v) is 22.0. The zero-order valence-electron chi connectivity index (χ0n) is 19.7. The molecule has 1 fully saturated rings. The van der Waals surface area contributed by atoms with Crippen LogP contribution in [-0.2, 0) is 11.3 Å². The van der Waals surface area contributed by atoms with Crippen LogP contribution in [0.2, 0.25) is 0 Å². The van der Waals surface area contributed by atoms with Gasteiger partial charge in [0.1, 0.15) is 0 Å². The Hall–Kier alpha value is -1.43. The van der Waals surface area contributed by atoms with Crippen molar-refractivity contribution in [2.45, 2.75) is 45.8 Å². The fraction of sp³-hybridized carbons (Fsp3) is 0.652. The number of aliphatic imine (C=N–C) groups is 1. The van der Waals surface area contributed by atoms with E-state index in [0.717, 1.165) is 38.0 Å². The number of hydrogen-bond donors (Lipinski definition) is 4. The Morgan fingerprint density at radius 2 is 1.84 bits per heavy atom. The predicted molar refractivity (Wildman–Crippen MR) is 140 cm³/mol. The van der Waals surface area contributed by atoms with Gasteiger partial charge in [-0.15, -0.1) is 24.0 Å². The van der Waals surface area contributed by atoms with Gasteiger partial charge in [0.2, 0.25) is 0 Å². The summed E-state index contributed by atoms with van der Waals surface area (Å²) in [5, 5.41) is 20.2. The molecule has 0 aromatic heterocycles. The van der Waals surface area contributed by atoms with E-state index in [4.69, 9.17) is 4.74 Å². The van der Waals surface area contributed by atoms with Gasteiger partial charge in [0.15, 0.2) is 5.96 Å². The first-order valence-electron chi connectivity index (χ1n) is 11.4. The number of unbranched alkanes of at least 4 members (excludes halogenated alkanes) is 1. The van der Waals surface area contributed by atoms with Crippen LogP contribution >= 0.6 is 24.0 Å². The Morgan fingerprint density at radius 1 is 1.16 bits per heavy atom. The van der Waals surface area contributed by atoms with Crippen LogP contribution in [0.15, 0.2) is 29.3 Å². The molecule has 1 unspecified atom stereocenters. The van der Waals surface area contributed by atoms with Gasteiger partial charge in [-0.2, -0.15) is 0 Å². The number of benzene rings is 1. The quantitative estimate of drug-likeness (QED) is 0.143. The molecule has 1 amide bonds. The number of nitrogens with zero attached hydrogens (tertiary/aromatic N) is 2. The molecule has 182 valence electrons. The number of β-amino-alcohol motifs (C(OH)–C–C–N with tert-alkyl or cyclic N) is 1. The summed E-state index contributed by atoms with van der Waals surface area (Å²) in [6.45, 7) is 12.0. The van der Waals surface area contributed by atoms with Crippen LogP contribution < -0.4 is 16.0 Å². The largest absolute Gasteiger partial charge is 0.387 e. The summed E-state index contributed by atoms with van der Waals surface area (Å²) >= 11 is 0. The number of rotatable bonds is 11. The van der Waals surface area contributed by atoms with Crippen molar-refractivity contribution in [1.82, 2.24) is 20.9 Å². The third-order valence-electron chi connectivity index (χ3n) is 5.10. The van der Waals surface area contributed by atoms with Gasteiger partial charge in [0.05, 0.1) is 25.4 Å². The third kappa shape index (κ3) is 10.9. The van der Waals surface area contributed by atoms with E-state index in [1.807, 2.05) is 38.1 Å². The highest BCUT2D eigenvalue weighted by atomic mass is 127. The van der Waals surface area contributed by atoms with E-state index >= 15 is 0 Å². The molecular formula is C23H40IN5O3. The fourth-order valence-corrected chi connectivity index (χ4v) is 3.33. The zero-order chi connectivity index (χ0) is 22.5. The van der Waals surface area contributed by atoms with E-state index in [-0.39, 0.29) is 29.9 Å². The van der Waals surface area contributed by atoms with Crippen molar-refractivity contribution in [3.63, 3.8) is 0 Å². The maximum absolute atomic E-state index is 12.1. The van der Waals surface area contributed by atoms with Gasteiger partial charge in [-0.1, -0.05) is 25.5 Å². The summed E-state index contributed by atoms with van der Waals surface area (Å²) in [6.07, 6.45) is 2.04. The first kappa shape index (κ1) is 28.6. The van der Waals surface area contributed by atoms with Crippen molar-refractivity contribution in [3.05, 3.63) is 35.4 Å². The minimum absolute atomic E-state index is 0. The van der Waals surface area contributed by atoms with Crippen molar-refractivity contribution in [3.8, 4) is 0 Å². The Balaban J connectivity index is 0.00000512. The third-order valence-corrected chi connectivity index (χ3v) is 5.10. The van der Waals surface area contributed by atoms with Gasteiger partial charge >= 0.3 is 0 Å². The molecule has 0 bridgehead atoms. The molecule has 1 saturated heterocycles. The lowest BCUT2D eigenvalue weighted by Gasteiger charge is -2.34. The number of halogens is 1. The van der Waals surface area contributed by atoms with Crippen LogP contribution in [0.4, 0.5) is 0 Å². The Morgan fingerprint density at radius 3 is 2.47 bits per heavy atom. The fourth-order valence-electron chi connectivity index (χ4n) is 3.33. The van der Waals surface area contributed by atoms with Crippen molar-refractivity contribution < 1.29 is 14.6 Å². The number of ether oxygens (including phenoxy) is 1. The second-order valence-electron chi connectivity index (χ2n) is 8.24. The van der Waals surface area contributed by atoms with Crippen LogP contribution in [0.3, 0.4) is 0 Å². The Labute approximate surface area is 209 Å². The average Bonchev–Trinajstić information content (AvgIpc) is 2.76. The normalized spacial score (nSPS) is 16.6. The molecule has 1 aliphatic heterocycles. The molecule has 0 saturated carbocycles. The topological polar surface area (TPSA) is 98.2 Å². The second kappa shape index (κ2) is 15.4. The predicted octanol–water partition coefficient (Wildman–Crippen LogP) is 1.97. The first-order chi connectivity index (χ1) is 14.9. The molecule has 1 aromatic rings. The highest BCUT2D eigenvalue weighted by Gasteiger charge is 2.25. The van der Waals surface area contributed by atoms with E-state index in [1.165, 1.54) is 0 Å². The van der Waals surface area contributed by atoms with Crippen LogP contribution in [0.5, 0.6) is 0 Å². The highest BCUT2D eigenvalue weighted by molar-refractivity contribution is 14.0. The van der Waals surface area contributed by atoms with Crippen molar-refractivity contribution in [2.75, 3.05) is 52.5 Å². The molecule has 8 nitrogen and oxygen atoms in total. The molecule has 0 aliphatic carbocycles. The molecule has 9 heteroatoms. The molecule has 1 heterocycles. The van der Waals surface area contributed by atoms with Crippen molar-refractivity contribution in [2.24, 2.45) is 4.99 Å². The standard InChI is InChI=1S/C23H39N5O3.HI/c1-4-6-11-25-21(29)20-9-7-19(8-10-20)16-26-22(24-5-2)27-17-23(3,30)18-28-12-14-31-15-13-28;/h7-10,30H,4-6,11-18H2,1-3H3,(H,25,29)(H2,24,26,27);1H. The van der Waals surface area contributed by atoms with Gasteiger partial charge in [-0.3, -0.25) is 9.69 Å². The van der Waals surface area contributed by atoms with E-state index < -0.39 is 5.60 Å². The first-order valence-corrected chi connectivity index (χ1v) is 11.4. The monoisotopic (exact) mass is 561 g/mol. The molecule has 32 heavy (non-hydrogen) atoms. The maximum atomic E-state index is 12.1. The number of aliphatic hydroxyl groups is 1. The molecule has 0 radical (unpaired) electrons. The SMILES string of the molecule is CCCCNC(=O)c1ccc(CN=C(NCC)NCC(C)(O)CN2CCOCC2)cc1.I. The second-order valence-corrected chi connectivity index (χ2v) is 8.24. The summed E-state index contributed by atoms with van der Waals surface area (Å²) in [4.78, 5) is 18.9. The summed E-state index contributed by atoms with van der Waals surface area (Å²) in [5.74, 6) is 0.618. The number of carbonyl (C=O) groups excluding carboxylic acids is 1. The van der Waals surface area contributed by atoms with E-state index in [9.17, 15) is 9.90 Å². The van der Waals surface area contributed by atoms with Gasteiger partial charge in [-0.05, 0) is 38.0 Å². The molecule has 4 N–H and O–H groups in total. The minimum atomic E-state index is -0.875. The Kier molecular flexibility index (Phi) is 13.8. The average molecular weight is 562 g/mol. The molecule has 1 aromatic carbocycles. The number of morpholine rings is 1. The van der Waals surface area contributed by atoms with Crippen LogP contribution in [0.1, 0.15) is 49.5 Å². The van der Waals surface area contributed by atoms with E-state index in [0.29, 0.717) is 50.9 Å². The summed E-state index contributed by atoms with van der Waals surface area (Å²) in [6, 6.07) is 7.52. The lowest BCUT2D eigenvalue weighted by atomic mass is 10.1. The molecule has 1 aliphatic rings. The summed E-state index contributed by atoms with van der Waals surface area (Å²) < 4.78 is 5.37. The molecule has 2 rings (SSSR count). The molecular weight excluding hydrogens is 521 g/mol. The lowest BCUT2D eigenvalue weighted by Crippen LogP contribution is -2.52. The number of nitrogens with one attached hydrogen (secondary N) is 3. The molecule has 1 atom stereocenters. The Bertz CT molecular complexity index is 691.